The predicted molar refractivity (Wildman–Crippen MR) is 46.0 cm³/mol. The van der Waals surface area contributed by atoms with E-state index in [1.54, 1.807) is 0 Å². The molecule has 0 heterocycles. The standard InChI is InChI=1S/C6H14O.CHNS/c1-5(2)7-6(3)4;2-1-3/h5-6H,1-4H3;3H. The SMILES string of the molecule is CC(C)OC(C)C.N#CS. The van der Waals surface area contributed by atoms with Gasteiger partial charge in [-0.05, 0) is 27.7 Å². The minimum atomic E-state index is 0.375. The van der Waals surface area contributed by atoms with Gasteiger partial charge in [0.05, 0.1) is 12.2 Å². The first-order valence-corrected chi connectivity index (χ1v) is 3.68. The summed E-state index contributed by atoms with van der Waals surface area (Å²) in [5, 5.41) is 8.63. The summed E-state index contributed by atoms with van der Waals surface area (Å²) in [7, 11) is 0. The fourth-order valence-corrected chi connectivity index (χ4v) is 0.544. The van der Waals surface area contributed by atoms with Gasteiger partial charge in [0.2, 0.25) is 0 Å². The Labute approximate surface area is 68.6 Å². The summed E-state index contributed by atoms with van der Waals surface area (Å²) in [6.45, 7) is 8.17. The summed E-state index contributed by atoms with van der Waals surface area (Å²) in [6, 6.07) is 0. The molecule has 0 aliphatic heterocycles. The van der Waals surface area contributed by atoms with Crippen molar-refractivity contribution in [2.75, 3.05) is 0 Å². The van der Waals surface area contributed by atoms with Crippen LogP contribution in [0.15, 0.2) is 0 Å². The molecule has 0 amide bonds. The van der Waals surface area contributed by atoms with Gasteiger partial charge in [0.1, 0.15) is 5.40 Å². The number of nitrogens with zero attached hydrogens (tertiary/aromatic N) is 1. The first-order chi connectivity index (χ1) is 4.54. The molecular weight excluding hydrogens is 146 g/mol. The summed E-state index contributed by atoms with van der Waals surface area (Å²) >= 11 is 3.09. The van der Waals surface area contributed by atoms with E-state index in [0.29, 0.717) is 12.2 Å². The van der Waals surface area contributed by atoms with E-state index in [1.165, 1.54) is 5.40 Å². The maximum absolute atomic E-state index is 7.18. The summed E-state index contributed by atoms with van der Waals surface area (Å²) in [5.74, 6) is 0. The maximum Gasteiger partial charge on any atom is 0.130 e. The quantitative estimate of drug-likeness (QED) is 0.497. The van der Waals surface area contributed by atoms with E-state index in [4.69, 9.17) is 10.00 Å². The van der Waals surface area contributed by atoms with Gasteiger partial charge in [-0.2, -0.15) is 5.26 Å². The molecule has 0 atom stereocenters. The first kappa shape index (κ1) is 12.5. The molecule has 0 radical (unpaired) electrons. The molecular formula is C7H15NOS. The monoisotopic (exact) mass is 161 g/mol. The lowest BCUT2D eigenvalue weighted by atomic mass is 10.4. The highest BCUT2D eigenvalue weighted by molar-refractivity contribution is 7.85. The molecule has 0 spiro atoms. The van der Waals surface area contributed by atoms with E-state index in [0.717, 1.165) is 0 Å². The molecule has 0 aromatic rings. The van der Waals surface area contributed by atoms with Gasteiger partial charge in [-0.15, -0.1) is 0 Å². The topological polar surface area (TPSA) is 33.0 Å². The number of hydrogen-bond acceptors (Lipinski definition) is 3. The van der Waals surface area contributed by atoms with Crippen LogP contribution in [0, 0.1) is 10.7 Å². The first-order valence-electron chi connectivity index (χ1n) is 3.23. The van der Waals surface area contributed by atoms with E-state index < -0.39 is 0 Å². The van der Waals surface area contributed by atoms with Crippen LogP contribution in [0.3, 0.4) is 0 Å². The van der Waals surface area contributed by atoms with Crippen molar-refractivity contribution in [3.8, 4) is 5.40 Å². The van der Waals surface area contributed by atoms with Crippen molar-refractivity contribution in [1.29, 1.82) is 5.26 Å². The smallest absolute Gasteiger partial charge is 0.130 e. The lowest BCUT2D eigenvalue weighted by molar-refractivity contribution is 0.0300. The van der Waals surface area contributed by atoms with Gasteiger partial charge in [0.25, 0.3) is 0 Å². The van der Waals surface area contributed by atoms with Crippen LogP contribution in [0.1, 0.15) is 27.7 Å². The van der Waals surface area contributed by atoms with Gasteiger partial charge in [-0.3, -0.25) is 0 Å². The Bertz CT molecular complexity index is 90.3. The lowest BCUT2D eigenvalue weighted by Crippen LogP contribution is -2.09. The third-order valence-electron chi connectivity index (χ3n) is 0.544. The van der Waals surface area contributed by atoms with E-state index in [1.807, 2.05) is 27.7 Å². The molecule has 0 unspecified atom stereocenters. The molecule has 0 N–H and O–H groups in total. The number of hydrogen-bond donors (Lipinski definition) is 1. The van der Waals surface area contributed by atoms with Gasteiger partial charge in [-0.25, -0.2) is 0 Å². The third kappa shape index (κ3) is 25.0. The van der Waals surface area contributed by atoms with Crippen LogP contribution in [-0.4, -0.2) is 12.2 Å². The van der Waals surface area contributed by atoms with E-state index in [2.05, 4.69) is 12.6 Å². The Kier molecular flexibility index (Phi) is 11.0. The molecule has 0 rings (SSSR count). The minimum absolute atomic E-state index is 0.375. The Balaban J connectivity index is 0. The fraction of sp³-hybridized carbons (Fsp3) is 0.857. The third-order valence-corrected chi connectivity index (χ3v) is 0.544. The molecule has 0 saturated heterocycles. The molecule has 0 aromatic heterocycles. The van der Waals surface area contributed by atoms with Crippen molar-refractivity contribution in [3.05, 3.63) is 0 Å². The predicted octanol–water partition coefficient (Wildman–Crippen LogP) is 2.22. The normalized spacial score (nSPS) is 8.60. The number of rotatable bonds is 2. The van der Waals surface area contributed by atoms with Crippen molar-refractivity contribution in [2.24, 2.45) is 0 Å². The molecule has 10 heavy (non-hydrogen) atoms. The van der Waals surface area contributed by atoms with Crippen LogP contribution in [0.5, 0.6) is 0 Å². The summed E-state index contributed by atoms with van der Waals surface area (Å²) in [4.78, 5) is 0. The second-order valence-corrected chi connectivity index (χ2v) is 2.53. The summed E-state index contributed by atoms with van der Waals surface area (Å²) in [6.07, 6.45) is 0.750. The second kappa shape index (κ2) is 8.80. The van der Waals surface area contributed by atoms with Crippen molar-refractivity contribution in [2.45, 2.75) is 39.9 Å². The Hall–Kier alpha value is -0.200. The molecule has 0 aromatic carbocycles. The highest BCUT2D eigenvalue weighted by atomic mass is 32.1. The average molecular weight is 161 g/mol. The average Bonchev–Trinajstić information content (AvgIpc) is 1.62. The van der Waals surface area contributed by atoms with E-state index >= 15 is 0 Å². The van der Waals surface area contributed by atoms with Gasteiger partial charge in [-0.1, -0.05) is 12.6 Å². The number of thiol groups is 1. The van der Waals surface area contributed by atoms with Crippen molar-refractivity contribution >= 4 is 12.6 Å². The van der Waals surface area contributed by atoms with Gasteiger partial charge in [0, 0.05) is 0 Å². The van der Waals surface area contributed by atoms with Crippen LogP contribution < -0.4 is 0 Å². The van der Waals surface area contributed by atoms with Crippen LogP contribution in [-0.2, 0) is 4.74 Å². The van der Waals surface area contributed by atoms with Gasteiger partial charge in [0.15, 0.2) is 0 Å². The zero-order chi connectivity index (χ0) is 8.57. The molecule has 0 bridgehead atoms. The van der Waals surface area contributed by atoms with Crippen LogP contribution in [0.2, 0.25) is 0 Å². The molecule has 0 saturated carbocycles. The van der Waals surface area contributed by atoms with Crippen molar-refractivity contribution < 1.29 is 4.74 Å². The largest absolute Gasteiger partial charge is 0.376 e. The second-order valence-electron chi connectivity index (χ2n) is 2.33. The van der Waals surface area contributed by atoms with Gasteiger partial charge < -0.3 is 4.74 Å². The molecule has 3 heteroatoms. The molecule has 0 aliphatic carbocycles. The number of thiocyanates is 1. The van der Waals surface area contributed by atoms with Crippen molar-refractivity contribution in [3.63, 3.8) is 0 Å². The molecule has 0 fully saturated rings. The number of ether oxygens (including phenoxy) is 1. The number of nitriles is 1. The van der Waals surface area contributed by atoms with Crippen LogP contribution >= 0.6 is 12.6 Å². The molecule has 60 valence electrons. The zero-order valence-electron chi connectivity index (χ0n) is 6.96. The van der Waals surface area contributed by atoms with Crippen LogP contribution in [0.25, 0.3) is 0 Å². The van der Waals surface area contributed by atoms with E-state index in [9.17, 15) is 0 Å². The fourth-order valence-electron chi connectivity index (χ4n) is 0.544. The Morgan fingerprint density at radius 3 is 1.40 bits per heavy atom. The zero-order valence-corrected chi connectivity index (χ0v) is 7.85. The van der Waals surface area contributed by atoms with Crippen molar-refractivity contribution in [1.82, 2.24) is 0 Å². The maximum atomic E-state index is 7.18. The lowest BCUT2D eigenvalue weighted by Gasteiger charge is -2.09. The summed E-state index contributed by atoms with van der Waals surface area (Å²) < 4.78 is 5.25. The Morgan fingerprint density at radius 2 is 1.40 bits per heavy atom. The molecule has 2 nitrogen and oxygen atoms in total. The van der Waals surface area contributed by atoms with Crippen LogP contribution in [0.4, 0.5) is 0 Å². The van der Waals surface area contributed by atoms with E-state index in [-0.39, 0.29) is 0 Å². The minimum Gasteiger partial charge on any atom is -0.376 e. The highest BCUT2D eigenvalue weighted by Gasteiger charge is 1.94. The summed E-state index contributed by atoms with van der Waals surface area (Å²) in [5.41, 5.74) is 0. The van der Waals surface area contributed by atoms with Gasteiger partial charge >= 0.3 is 0 Å². The Morgan fingerprint density at radius 1 is 1.20 bits per heavy atom. The highest BCUT2D eigenvalue weighted by Crippen LogP contribution is 1.93. The molecule has 0 aliphatic rings.